The molecule has 0 aromatic heterocycles. The fraction of sp³-hybridized carbons (Fsp3) is 0.333. The topological polar surface area (TPSA) is 61.4 Å². The molecule has 1 aliphatic rings. The fourth-order valence-corrected chi connectivity index (χ4v) is 3.19. The van der Waals surface area contributed by atoms with Gasteiger partial charge in [0, 0.05) is 25.2 Å². The molecule has 0 aliphatic carbocycles. The van der Waals surface area contributed by atoms with Gasteiger partial charge in [0.2, 0.25) is 5.91 Å². The summed E-state index contributed by atoms with van der Waals surface area (Å²) in [4.78, 5) is 25.9. The highest BCUT2D eigenvalue weighted by Crippen LogP contribution is 2.30. The second kappa shape index (κ2) is 8.65. The smallest absolute Gasteiger partial charge is 0.354 e. The number of alkyl halides is 3. The van der Waals surface area contributed by atoms with Crippen molar-refractivity contribution in [3.8, 4) is 0 Å². The molecule has 1 saturated heterocycles. The van der Waals surface area contributed by atoms with Crippen molar-refractivity contribution in [3.05, 3.63) is 70.8 Å². The SMILES string of the molecule is C[C@@H](NC(=O)c1ccc(CN2CCNC(=O)C2)cc1)c1cccc(C(F)(F)F)c1. The number of benzene rings is 2. The molecule has 1 atom stereocenters. The molecule has 1 heterocycles. The molecule has 1 fully saturated rings. The Morgan fingerprint density at radius 3 is 2.59 bits per heavy atom. The quantitative estimate of drug-likeness (QED) is 0.804. The summed E-state index contributed by atoms with van der Waals surface area (Å²) in [5.74, 6) is -0.366. The van der Waals surface area contributed by atoms with Gasteiger partial charge < -0.3 is 10.6 Å². The maximum absolute atomic E-state index is 12.9. The van der Waals surface area contributed by atoms with Crippen LogP contribution >= 0.6 is 0 Å². The van der Waals surface area contributed by atoms with Crippen LogP contribution in [-0.2, 0) is 17.5 Å². The fourth-order valence-electron chi connectivity index (χ4n) is 3.19. The van der Waals surface area contributed by atoms with Crippen molar-refractivity contribution in [2.45, 2.75) is 25.7 Å². The third-order valence-corrected chi connectivity index (χ3v) is 4.80. The molecule has 2 amide bonds. The van der Waals surface area contributed by atoms with Crippen molar-refractivity contribution in [2.24, 2.45) is 0 Å². The lowest BCUT2D eigenvalue weighted by molar-refractivity contribution is -0.137. The van der Waals surface area contributed by atoms with Gasteiger partial charge in [-0.2, -0.15) is 13.2 Å². The van der Waals surface area contributed by atoms with Crippen molar-refractivity contribution in [3.63, 3.8) is 0 Å². The van der Waals surface area contributed by atoms with Gasteiger partial charge in [0.05, 0.1) is 18.2 Å². The van der Waals surface area contributed by atoms with Crippen LogP contribution in [-0.4, -0.2) is 36.3 Å². The molecule has 0 bridgehead atoms. The molecule has 8 heteroatoms. The van der Waals surface area contributed by atoms with Gasteiger partial charge in [-0.3, -0.25) is 14.5 Å². The molecule has 1 aliphatic heterocycles. The van der Waals surface area contributed by atoms with Crippen LogP contribution in [0.5, 0.6) is 0 Å². The molecule has 29 heavy (non-hydrogen) atoms. The first kappa shape index (κ1) is 20.9. The van der Waals surface area contributed by atoms with Crippen molar-refractivity contribution in [1.82, 2.24) is 15.5 Å². The minimum Gasteiger partial charge on any atom is -0.354 e. The van der Waals surface area contributed by atoms with Gasteiger partial charge in [0.15, 0.2) is 0 Å². The van der Waals surface area contributed by atoms with E-state index in [0.717, 1.165) is 24.2 Å². The Kier molecular flexibility index (Phi) is 6.22. The summed E-state index contributed by atoms with van der Waals surface area (Å²) in [5, 5.41) is 5.50. The Labute approximate surface area is 166 Å². The summed E-state index contributed by atoms with van der Waals surface area (Å²) in [6.45, 7) is 3.98. The molecule has 0 spiro atoms. The first-order chi connectivity index (χ1) is 13.7. The van der Waals surface area contributed by atoms with Crippen molar-refractivity contribution in [2.75, 3.05) is 19.6 Å². The van der Waals surface area contributed by atoms with Crippen LogP contribution < -0.4 is 10.6 Å². The summed E-state index contributed by atoms with van der Waals surface area (Å²) < 4.78 is 38.6. The lowest BCUT2D eigenvalue weighted by atomic mass is 10.0. The number of carbonyl (C=O) groups excluding carboxylic acids is 2. The molecule has 0 unspecified atom stereocenters. The average Bonchev–Trinajstić information content (AvgIpc) is 2.68. The maximum Gasteiger partial charge on any atom is 0.416 e. The largest absolute Gasteiger partial charge is 0.416 e. The number of amides is 2. The van der Waals surface area contributed by atoms with E-state index < -0.39 is 17.8 Å². The van der Waals surface area contributed by atoms with Crippen molar-refractivity contribution in [1.29, 1.82) is 0 Å². The van der Waals surface area contributed by atoms with E-state index in [0.29, 0.717) is 30.8 Å². The lowest BCUT2D eigenvalue weighted by Gasteiger charge is -2.26. The van der Waals surface area contributed by atoms with Crippen molar-refractivity contribution < 1.29 is 22.8 Å². The standard InChI is InChI=1S/C21H22F3N3O2/c1-14(17-3-2-4-18(11-17)21(22,23)24)26-20(29)16-7-5-15(6-8-16)12-27-10-9-25-19(28)13-27/h2-8,11,14H,9-10,12-13H2,1H3,(H,25,28)(H,26,29)/t14-/m1/s1. The highest BCUT2D eigenvalue weighted by molar-refractivity contribution is 5.94. The lowest BCUT2D eigenvalue weighted by Crippen LogP contribution is -2.47. The molecule has 2 aromatic rings. The van der Waals surface area contributed by atoms with Crippen LogP contribution in [0.15, 0.2) is 48.5 Å². The summed E-state index contributed by atoms with van der Waals surface area (Å²) in [7, 11) is 0. The average molecular weight is 405 g/mol. The number of halogens is 3. The zero-order valence-electron chi connectivity index (χ0n) is 15.9. The number of nitrogens with one attached hydrogen (secondary N) is 2. The number of nitrogens with zero attached hydrogens (tertiary/aromatic N) is 1. The first-order valence-electron chi connectivity index (χ1n) is 9.28. The molecule has 154 valence electrons. The van der Waals surface area contributed by atoms with Crippen molar-refractivity contribution >= 4 is 11.8 Å². The predicted octanol–water partition coefficient (Wildman–Crippen LogP) is 3.13. The van der Waals surface area contributed by atoms with Gasteiger partial charge in [-0.05, 0) is 42.3 Å². The van der Waals surface area contributed by atoms with Crippen LogP contribution in [0.3, 0.4) is 0 Å². The zero-order valence-corrected chi connectivity index (χ0v) is 15.9. The number of hydrogen-bond acceptors (Lipinski definition) is 3. The van der Waals surface area contributed by atoms with Gasteiger partial charge in [-0.15, -0.1) is 0 Å². The summed E-state index contributed by atoms with van der Waals surface area (Å²) in [6.07, 6.45) is -4.43. The second-order valence-electron chi connectivity index (χ2n) is 7.08. The zero-order chi connectivity index (χ0) is 21.0. The number of rotatable bonds is 5. The maximum atomic E-state index is 12.9. The van der Waals surface area contributed by atoms with Crippen LogP contribution in [0.2, 0.25) is 0 Å². The number of piperazine rings is 1. The molecular weight excluding hydrogens is 383 g/mol. The molecule has 2 aromatic carbocycles. The van der Waals surface area contributed by atoms with E-state index in [-0.39, 0.29) is 11.8 Å². The van der Waals surface area contributed by atoms with Gasteiger partial charge in [0.1, 0.15) is 0 Å². The Morgan fingerprint density at radius 1 is 1.21 bits per heavy atom. The normalized spacial score (nSPS) is 16.2. The minimum absolute atomic E-state index is 0.00386. The molecular formula is C21H22F3N3O2. The summed E-state index contributed by atoms with van der Waals surface area (Å²) in [5.41, 5.74) is 1.03. The van der Waals surface area contributed by atoms with Gasteiger partial charge in [-0.25, -0.2) is 0 Å². The van der Waals surface area contributed by atoms with E-state index in [1.165, 1.54) is 6.07 Å². The highest BCUT2D eigenvalue weighted by Gasteiger charge is 2.30. The summed E-state index contributed by atoms with van der Waals surface area (Å²) in [6, 6.07) is 11.3. The molecule has 0 radical (unpaired) electrons. The van der Waals surface area contributed by atoms with E-state index >= 15 is 0 Å². The third kappa shape index (κ3) is 5.57. The molecule has 2 N–H and O–H groups in total. The Balaban J connectivity index is 1.61. The number of hydrogen-bond donors (Lipinski definition) is 2. The van der Waals surface area contributed by atoms with Crippen LogP contribution in [0.25, 0.3) is 0 Å². The van der Waals surface area contributed by atoms with Crippen LogP contribution in [0.4, 0.5) is 13.2 Å². The van der Waals surface area contributed by atoms with E-state index in [1.54, 1.807) is 25.1 Å². The number of carbonyl (C=O) groups is 2. The Bertz CT molecular complexity index is 881. The molecule has 3 rings (SSSR count). The first-order valence-corrected chi connectivity index (χ1v) is 9.28. The minimum atomic E-state index is -4.43. The van der Waals surface area contributed by atoms with Gasteiger partial charge in [-0.1, -0.05) is 24.3 Å². The predicted molar refractivity (Wildman–Crippen MR) is 102 cm³/mol. The highest BCUT2D eigenvalue weighted by atomic mass is 19.4. The summed E-state index contributed by atoms with van der Waals surface area (Å²) >= 11 is 0. The van der Waals surface area contributed by atoms with E-state index in [2.05, 4.69) is 10.6 Å². The Morgan fingerprint density at radius 2 is 1.93 bits per heavy atom. The molecule has 0 saturated carbocycles. The van der Waals surface area contributed by atoms with Crippen LogP contribution in [0.1, 0.15) is 40.0 Å². The van der Waals surface area contributed by atoms with E-state index in [9.17, 15) is 22.8 Å². The third-order valence-electron chi connectivity index (χ3n) is 4.80. The second-order valence-corrected chi connectivity index (χ2v) is 7.08. The van der Waals surface area contributed by atoms with E-state index in [1.807, 2.05) is 17.0 Å². The van der Waals surface area contributed by atoms with Crippen LogP contribution in [0, 0.1) is 0 Å². The Hall–Kier alpha value is -2.87. The van der Waals surface area contributed by atoms with E-state index in [4.69, 9.17) is 0 Å². The molecule has 5 nitrogen and oxygen atoms in total. The van der Waals surface area contributed by atoms with Gasteiger partial charge >= 0.3 is 6.18 Å². The van der Waals surface area contributed by atoms with Gasteiger partial charge in [0.25, 0.3) is 5.91 Å². The monoisotopic (exact) mass is 405 g/mol.